The normalized spacial score (nSPS) is 12.0. The van der Waals surface area contributed by atoms with Crippen molar-refractivity contribution < 1.29 is 13.2 Å². The van der Waals surface area contributed by atoms with E-state index in [4.69, 9.17) is 4.74 Å². The fraction of sp³-hybridized carbons (Fsp3) is 0.643. The van der Waals surface area contributed by atoms with Gasteiger partial charge in [0.1, 0.15) is 0 Å². The molecular formula is C14H25N3O3S. The molecule has 0 aromatic carbocycles. The minimum absolute atomic E-state index is 0.00823. The summed E-state index contributed by atoms with van der Waals surface area (Å²) in [6.45, 7) is 5.92. The lowest BCUT2D eigenvalue weighted by Gasteiger charge is -2.09. The second-order valence-corrected chi connectivity index (χ2v) is 6.95. The molecule has 0 atom stereocenters. The molecule has 0 aliphatic carbocycles. The van der Waals surface area contributed by atoms with Crippen LogP contribution in [0.15, 0.2) is 24.5 Å². The fourth-order valence-electron chi connectivity index (χ4n) is 1.64. The zero-order chi connectivity index (χ0) is 15.6. The number of sulfonamides is 1. The Morgan fingerprint density at radius 1 is 1.33 bits per heavy atom. The van der Waals surface area contributed by atoms with Gasteiger partial charge in [0.25, 0.3) is 0 Å². The van der Waals surface area contributed by atoms with Crippen molar-refractivity contribution in [2.75, 3.05) is 25.4 Å². The summed E-state index contributed by atoms with van der Waals surface area (Å²) in [4.78, 5) is 4.03. The molecule has 1 heterocycles. The van der Waals surface area contributed by atoms with Gasteiger partial charge in [-0.2, -0.15) is 0 Å². The molecule has 1 aromatic heterocycles. The van der Waals surface area contributed by atoms with Crippen LogP contribution in [0.1, 0.15) is 25.8 Å². The Morgan fingerprint density at radius 3 is 2.81 bits per heavy atom. The first-order chi connectivity index (χ1) is 9.99. The SMILES string of the molecule is CC(C)OCCS(=O)(=O)NCCCNCc1cccnc1. The molecule has 0 radical (unpaired) electrons. The zero-order valence-corrected chi connectivity index (χ0v) is 13.5. The molecule has 7 heteroatoms. The third kappa shape index (κ3) is 9.52. The van der Waals surface area contributed by atoms with Crippen LogP contribution < -0.4 is 10.0 Å². The van der Waals surface area contributed by atoms with Gasteiger partial charge in [-0.1, -0.05) is 6.07 Å². The number of ether oxygens (including phenoxy) is 1. The quantitative estimate of drug-likeness (QED) is 0.593. The maximum Gasteiger partial charge on any atom is 0.213 e. The monoisotopic (exact) mass is 315 g/mol. The van der Waals surface area contributed by atoms with E-state index in [0.29, 0.717) is 6.54 Å². The molecule has 0 amide bonds. The Morgan fingerprint density at radius 2 is 2.14 bits per heavy atom. The van der Waals surface area contributed by atoms with Crippen molar-refractivity contribution >= 4 is 10.0 Å². The molecule has 0 spiro atoms. The third-order valence-electron chi connectivity index (χ3n) is 2.71. The molecule has 6 nitrogen and oxygen atoms in total. The summed E-state index contributed by atoms with van der Waals surface area (Å²) >= 11 is 0. The van der Waals surface area contributed by atoms with Crippen LogP contribution in [-0.4, -0.2) is 45.0 Å². The smallest absolute Gasteiger partial charge is 0.213 e. The first-order valence-electron chi connectivity index (χ1n) is 7.18. The zero-order valence-electron chi connectivity index (χ0n) is 12.7. The van der Waals surface area contributed by atoms with Gasteiger partial charge >= 0.3 is 0 Å². The van der Waals surface area contributed by atoms with Crippen LogP contribution in [0.3, 0.4) is 0 Å². The maximum atomic E-state index is 11.6. The standard InChI is InChI=1S/C14H25N3O3S/c1-13(2)20-9-10-21(18,19)17-8-4-7-16-12-14-5-3-6-15-11-14/h3,5-6,11,13,16-17H,4,7-10,12H2,1-2H3. The Balaban J connectivity index is 2.05. The van der Waals surface area contributed by atoms with Crippen LogP contribution in [0.5, 0.6) is 0 Å². The van der Waals surface area contributed by atoms with Crippen molar-refractivity contribution in [3.05, 3.63) is 30.1 Å². The third-order valence-corrected chi connectivity index (χ3v) is 4.06. The van der Waals surface area contributed by atoms with Crippen molar-refractivity contribution in [3.8, 4) is 0 Å². The van der Waals surface area contributed by atoms with Gasteiger partial charge in [0.15, 0.2) is 0 Å². The van der Waals surface area contributed by atoms with Crippen molar-refractivity contribution in [1.82, 2.24) is 15.0 Å². The number of rotatable bonds is 11. The average Bonchev–Trinajstić information content (AvgIpc) is 2.43. The molecule has 0 bridgehead atoms. The summed E-state index contributed by atoms with van der Waals surface area (Å²) in [7, 11) is -3.23. The summed E-state index contributed by atoms with van der Waals surface area (Å²) in [5, 5.41) is 3.25. The van der Waals surface area contributed by atoms with Crippen LogP contribution in [0.4, 0.5) is 0 Å². The predicted molar refractivity (Wildman–Crippen MR) is 83.4 cm³/mol. The van der Waals surface area contributed by atoms with E-state index in [2.05, 4.69) is 15.0 Å². The van der Waals surface area contributed by atoms with E-state index in [-0.39, 0.29) is 18.5 Å². The molecular weight excluding hydrogens is 290 g/mol. The van der Waals surface area contributed by atoms with E-state index in [1.54, 1.807) is 6.20 Å². The summed E-state index contributed by atoms with van der Waals surface area (Å²) in [6.07, 6.45) is 4.34. The van der Waals surface area contributed by atoms with Gasteiger partial charge in [-0.15, -0.1) is 0 Å². The molecule has 120 valence electrons. The highest BCUT2D eigenvalue weighted by Crippen LogP contribution is 1.94. The van der Waals surface area contributed by atoms with Crippen LogP contribution in [-0.2, 0) is 21.3 Å². The van der Waals surface area contributed by atoms with Gasteiger partial charge in [-0.25, -0.2) is 13.1 Å². The van der Waals surface area contributed by atoms with Crippen molar-refractivity contribution in [1.29, 1.82) is 0 Å². The topological polar surface area (TPSA) is 80.3 Å². The van der Waals surface area contributed by atoms with E-state index in [1.807, 2.05) is 32.2 Å². The molecule has 0 saturated carbocycles. The largest absolute Gasteiger partial charge is 0.378 e. The molecule has 0 aliphatic rings. The number of nitrogens with one attached hydrogen (secondary N) is 2. The summed E-state index contributed by atoms with van der Waals surface area (Å²) in [5.41, 5.74) is 1.11. The second kappa shape index (κ2) is 9.83. The highest BCUT2D eigenvalue weighted by Gasteiger charge is 2.09. The van der Waals surface area contributed by atoms with Gasteiger partial charge in [0, 0.05) is 25.5 Å². The minimum Gasteiger partial charge on any atom is -0.378 e. The number of hydrogen-bond acceptors (Lipinski definition) is 5. The van der Waals surface area contributed by atoms with Crippen LogP contribution in [0.25, 0.3) is 0 Å². The highest BCUT2D eigenvalue weighted by atomic mass is 32.2. The highest BCUT2D eigenvalue weighted by molar-refractivity contribution is 7.89. The summed E-state index contributed by atoms with van der Waals surface area (Å²) in [5.74, 6) is 0.00823. The van der Waals surface area contributed by atoms with Crippen molar-refractivity contribution in [2.24, 2.45) is 0 Å². The molecule has 0 unspecified atom stereocenters. The minimum atomic E-state index is -3.23. The maximum absolute atomic E-state index is 11.6. The molecule has 1 rings (SSSR count). The van der Waals surface area contributed by atoms with Crippen LogP contribution >= 0.6 is 0 Å². The Hall–Kier alpha value is -1.02. The molecule has 21 heavy (non-hydrogen) atoms. The Kier molecular flexibility index (Phi) is 8.44. The second-order valence-electron chi connectivity index (χ2n) is 5.02. The lowest BCUT2D eigenvalue weighted by molar-refractivity contribution is 0.0911. The number of pyridine rings is 1. The predicted octanol–water partition coefficient (Wildman–Crippen LogP) is 0.906. The van der Waals surface area contributed by atoms with Gasteiger partial charge in [-0.05, 0) is 38.4 Å². The van der Waals surface area contributed by atoms with Crippen LogP contribution in [0, 0.1) is 0 Å². The lowest BCUT2D eigenvalue weighted by Crippen LogP contribution is -2.31. The number of hydrogen-bond donors (Lipinski definition) is 2. The summed E-state index contributed by atoms with van der Waals surface area (Å²) < 4.78 is 31.1. The van der Waals surface area contributed by atoms with Gasteiger partial charge < -0.3 is 10.1 Å². The number of aromatic nitrogens is 1. The van der Waals surface area contributed by atoms with Gasteiger partial charge in [0.05, 0.1) is 18.5 Å². The molecule has 1 aromatic rings. The summed E-state index contributed by atoms with van der Waals surface area (Å²) in [6, 6.07) is 3.89. The van der Waals surface area contributed by atoms with Gasteiger partial charge in [0.2, 0.25) is 10.0 Å². The van der Waals surface area contributed by atoms with Gasteiger partial charge in [-0.3, -0.25) is 4.98 Å². The first-order valence-corrected chi connectivity index (χ1v) is 8.83. The first kappa shape index (κ1) is 18.0. The molecule has 0 aliphatic heterocycles. The number of nitrogens with zero attached hydrogens (tertiary/aromatic N) is 1. The van der Waals surface area contributed by atoms with Crippen molar-refractivity contribution in [3.63, 3.8) is 0 Å². The van der Waals surface area contributed by atoms with E-state index >= 15 is 0 Å². The van der Waals surface area contributed by atoms with Crippen molar-refractivity contribution in [2.45, 2.75) is 32.9 Å². The molecule has 2 N–H and O–H groups in total. The van der Waals surface area contributed by atoms with E-state index in [9.17, 15) is 8.42 Å². The fourth-order valence-corrected chi connectivity index (χ4v) is 2.56. The Bertz CT molecular complexity index is 477. The lowest BCUT2D eigenvalue weighted by atomic mass is 10.3. The van der Waals surface area contributed by atoms with E-state index in [0.717, 1.165) is 25.1 Å². The van der Waals surface area contributed by atoms with E-state index < -0.39 is 10.0 Å². The Labute approximate surface area is 127 Å². The van der Waals surface area contributed by atoms with Crippen LogP contribution in [0.2, 0.25) is 0 Å². The van der Waals surface area contributed by atoms with E-state index in [1.165, 1.54) is 0 Å². The molecule has 0 fully saturated rings. The molecule has 0 saturated heterocycles. The average molecular weight is 315 g/mol.